The zero-order valence-corrected chi connectivity index (χ0v) is 8.38. The Bertz CT molecular complexity index is 272. The van der Waals surface area contributed by atoms with Gasteiger partial charge >= 0.3 is 0 Å². The molecule has 70 valence electrons. The van der Waals surface area contributed by atoms with Gasteiger partial charge in [-0.25, -0.2) is 0 Å². The maximum absolute atomic E-state index is 5.64. The first-order chi connectivity index (χ1) is 6.20. The molecule has 1 aromatic rings. The van der Waals surface area contributed by atoms with E-state index in [1.807, 2.05) is 18.3 Å². The predicted molar refractivity (Wildman–Crippen MR) is 55.6 cm³/mol. The third-order valence-electron chi connectivity index (χ3n) is 1.78. The van der Waals surface area contributed by atoms with Gasteiger partial charge in [-0.2, -0.15) is 0 Å². The summed E-state index contributed by atoms with van der Waals surface area (Å²) in [5, 5.41) is 3.85. The number of aromatic nitrogens is 1. The van der Waals surface area contributed by atoms with Gasteiger partial charge in [0.15, 0.2) is 0 Å². The van der Waals surface area contributed by atoms with Gasteiger partial charge in [-0.15, -0.1) is 0 Å². The molecule has 0 aromatic carbocycles. The van der Waals surface area contributed by atoms with Crippen LogP contribution in [0.2, 0.25) is 0 Å². The van der Waals surface area contributed by atoms with E-state index in [1.54, 1.807) is 6.20 Å². The Morgan fingerprint density at radius 1 is 1.77 bits per heavy atom. The molecule has 0 aliphatic rings. The van der Waals surface area contributed by atoms with E-state index in [4.69, 9.17) is 11.6 Å². The molecular weight excluding hydrogens is 184 g/mol. The van der Waals surface area contributed by atoms with Gasteiger partial charge in [-0.3, -0.25) is 4.98 Å². The zero-order chi connectivity index (χ0) is 9.68. The van der Waals surface area contributed by atoms with E-state index >= 15 is 0 Å². The summed E-state index contributed by atoms with van der Waals surface area (Å²) in [7, 11) is 0. The van der Waals surface area contributed by atoms with Crippen LogP contribution in [0.1, 0.15) is 18.5 Å². The van der Waals surface area contributed by atoms with Crippen LogP contribution in [0.4, 0.5) is 0 Å². The molecule has 2 nitrogen and oxygen atoms in total. The molecule has 3 heteroatoms. The second-order valence-electron chi connectivity index (χ2n) is 2.91. The molecule has 0 saturated heterocycles. The van der Waals surface area contributed by atoms with Crippen molar-refractivity contribution in [1.82, 2.24) is 10.3 Å². The average molecular weight is 197 g/mol. The number of pyridine rings is 1. The van der Waals surface area contributed by atoms with Crippen LogP contribution in [0.3, 0.4) is 0 Å². The van der Waals surface area contributed by atoms with Crippen molar-refractivity contribution < 1.29 is 0 Å². The van der Waals surface area contributed by atoms with E-state index in [0.29, 0.717) is 11.6 Å². The maximum Gasteiger partial charge on any atom is 0.0315 e. The second-order valence-corrected chi connectivity index (χ2v) is 3.44. The SMILES string of the molecule is C=C(Cl)CN[C@H](C)c1cccnc1. The molecule has 1 atom stereocenters. The molecular formula is C10H13ClN2. The summed E-state index contributed by atoms with van der Waals surface area (Å²) in [6.45, 7) is 6.30. The summed E-state index contributed by atoms with van der Waals surface area (Å²) >= 11 is 5.64. The highest BCUT2D eigenvalue weighted by molar-refractivity contribution is 6.29. The lowest BCUT2D eigenvalue weighted by atomic mass is 10.1. The quantitative estimate of drug-likeness (QED) is 0.801. The molecule has 0 radical (unpaired) electrons. The van der Waals surface area contributed by atoms with E-state index in [2.05, 4.69) is 23.8 Å². The van der Waals surface area contributed by atoms with Crippen molar-refractivity contribution >= 4 is 11.6 Å². The fraction of sp³-hybridized carbons (Fsp3) is 0.300. The van der Waals surface area contributed by atoms with E-state index in [9.17, 15) is 0 Å². The summed E-state index contributed by atoms with van der Waals surface area (Å²) in [6, 6.07) is 4.20. The molecule has 13 heavy (non-hydrogen) atoms. The number of hydrogen-bond donors (Lipinski definition) is 1. The van der Waals surface area contributed by atoms with Crippen molar-refractivity contribution in [3.05, 3.63) is 41.7 Å². The van der Waals surface area contributed by atoms with Gasteiger partial charge in [0.2, 0.25) is 0 Å². The predicted octanol–water partition coefficient (Wildman–Crippen LogP) is 2.48. The molecule has 0 saturated carbocycles. The van der Waals surface area contributed by atoms with Gasteiger partial charge in [-0.05, 0) is 18.6 Å². The Hall–Kier alpha value is -0.860. The summed E-state index contributed by atoms with van der Waals surface area (Å²) < 4.78 is 0. The summed E-state index contributed by atoms with van der Waals surface area (Å²) in [4.78, 5) is 4.04. The summed E-state index contributed by atoms with van der Waals surface area (Å²) in [5.41, 5.74) is 1.15. The van der Waals surface area contributed by atoms with Gasteiger partial charge in [0, 0.05) is 30.0 Å². The highest BCUT2D eigenvalue weighted by atomic mass is 35.5. The Morgan fingerprint density at radius 2 is 2.54 bits per heavy atom. The van der Waals surface area contributed by atoms with Gasteiger partial charge in [0.25, 0.3) is 0 Å². The van der Waals surface area contributed by atoms with Crippen LogP contribution >= 0.6 is 11.6 Å². The largest absolute Gasteiger partial charge is 0.305 e. The number of nitrogens with one attached hydrogen (secondary N) is 1. The monoisotopic (exact) mass is 196 g/mol. The minimum atomic E-state index is 0.254. The smallest absolute Gasteiger partial charge is 0.0315 e. The first-order valence-electron chi connectivity index (χ1n) is 4.16. The molecule has 1 aromatic heterocycles. The van der Waals surface area contributed by atoms with Crippen molar-refractivity contribution in [2.75, 3.05) is 6.54 Å². The molecule has 0 bridgehead atoms. The molecule has 1 rings (SSSR count). The van der Waals surface area contributed by atoms with Gasteiger partial charge in [-0.1, -0.05) is 24.2 Å². The highest BCUT2D eigenvalue weighted by Crippen LogP contribution is 2.10. The van der Waals surface area contributed by atoms with Crippen LogP contribution in [0, 0.1) is 0 Å². The molecule has 1 heterocycles. The van der Waals surface area contributed by atoms with Crippen molar-refractivity contribution in [1.29, 1.82) is 0 Å². The fourth-order valence-corrected chi connectivity index (χ4v) is 1.09. The molecule has 0 unspecified atom stereocenters. The van der Waals surface area contributed by atoms with Gasteiger partial charge < -0.3 is 5.32 Å². The number of halogens is 1. The van der Waals surface area contributed by atoms with E-state index in [-0.39, 0.29) is 6.04 Å². The lowest BCUT2D eigenvalue weighted by Gasteiger charge is -2.12. The van der Waals surface area contributed by atoms with E-state index < -0.39 is 0 Å². The molecule has 0 aliphatic heterocycles. The van der Waals surface area contributed by atoms with Gasteiger partial charge in [0.1, 0.15) is 0 Å². The van der Waals surface area contributed by atoms with E-state index in [0.717, 1.165) is 5.56 Å². The lowest BCUT2D eigenvalue weighted by molar-refractivity contribution is 0.612. The van der Waals surface area contributed by atoms with Crippen LogP contribution in [-0.4, -0.2) is 11.5 Å². The van der Waals surface area contributed by atoms with Crippen LogP contribution in [-0.2, 0) is 0 Å². The van der Waals surface area contributed by atoms with Crippen LogP contribution < -0.4 is 5.32 Å². The molecule has 0 spiro atoms. The minimum absolute atomic E-state index is 0.254. The zero-order valence-electron chi connectivity index (χ0n) is 7.63. The van der Waals surface area contributed by atoms with Crippen molar-refractivity contribution in [3.8, 4) is 0 Å². The van der Waals surface area contributed by atoms with Crippen molar-refractivity contribution in [2.45, 2.75) is 13.0 Å². The van der Waals surface area contributed by atoms with Crippen molar-refractivity contribution in [3.63, 3.8) is 0 Å². The molecule has 0 fully saturated rings. The normalized spacial score (nSPS) is 12.5. The maximum atomic E-state index is 5.64. The van der Waals surface area contributed by atoms with Crippen LogP contribution in [0.25, 0.3) is 0 Å². The number of rotatable bonds is 4. The molecule has 1 N–H and O–H groups in total. The topological polar surface area (TPSA) is 24.9 Å². The average Bonchev–Trinajstić information content (AvgIpc) is 2.15. The third kappa shape index (κ3) is 3.57. The Kier molecular flexibility index (Phi) is 3.93. The Labute approximate surface area is 83.6 Å². The number of hydrogen-bond acceptors (Lipinski definition) is 2. The highest BCUT2D eigenvalue weighted by Gasteiger charge is 2.03. The Morgan fingerprint density at radius 3 is 3.08 bits per heavy atom. The van der Waals surface area contributed by atoms with Gasteiger partial charge in [0.05, 0.1) is 0 Å². The fourth-order valence-electron chi connectivity index (χ4n) is 1.01. The standard InChI is InChI=1S/C10H13ClN2/c1-8(11)6-13-9(2)10-4-3-5-12-7-10/h3-5,7,9,13H,1,6H2,2H3/t9-/m1/s1. The lowest BCUT2D eigenvalue weighted by Crippen LogP contribution is -2.19. The van der Waals surface area contributed by atoms with E-state index in [1.165, 1.54) is 0 Å². The molecule has 0 aliphatic carbocycles. The molecule has 0 amide bonds. The Balaban J connectivity index is 2.49. The van der Waals surface area contributed by atoms with Crippen LogP contribution in [0.5, 0.6) is 0 Å². The minimum Gasteiger partial charge on any atom is -0.305 e. The first kappa shape index (κ1) is 10.2. The van der Waals surface area contributed by atoms with Crippen molar-refractivity contribution in [2.24, 2.45) is 0 Å². The third-order valence-corrected chi connectivity index (χ3v) is 1.92. The summed E-state index contributed by atoms with van der Waals surface area (Å²) in [6.07, 6.45) is 3.60. The number of nitrogens with zero attached hydrogens (tertiary/aromatic N) is 1. The van der Waals surface area contributed by atoms with Crippen LogP contribution in [0.15, 0.2) is 36.1 Å². The summed E-state index contributed by atoms with van der Waals surface area (Å²) in [5.74, 6) is 0. The second kappa shape index (κ2) is 5.00. The first-order valence-corrected chi connectivity index (χ1v) is 4.54.